The van der Waals surface area contributed by atoms with Gasteiger partial charge in [-0.2, -0.15) is 5.26 Å². The van der Waals surface area contributed by atoms with E-state index in [4.69, 9.17) is 9.68 Å². The minimum absolute atomic E-state index is 0.239. The van der Waals surface area contributed by atoms with E-state index in [9.17, 15) is 4.79 Å². The van der Waals surface area contributed by atoms with Crippen molar-refractivity contribution in [2.45, 2.75) is 4.90 Å². The van der Waals surface area contributed by atoms with Gasteiger partial charge in [-0.05, 0) is 54.2 Å². The summed E-state index contributed by atoms with van der Waals surface area (Å²) < 4.78 is 5.08. The molecule has 0 bridgehead atoms. The van der Waals surface area contributed by atoms with Gasteiger partial charge in [-0.25, -0.2) is 0 Å². The second-order valence-electron chi connectivity index (χ2n) is 3.56. The molecule has 5 heteroatoms. The zero-order chi connectivity index (χ0) is 13.5. The van der Waals surface area contributed by atoms with Crippen LogP contribution in [0.25, 0.3) is 6.08 Å². The summed E-state index contributed by atoms with van der Waals surface area (Å²) in [5.74, 6) is 0.382. The first-order valence-electron chi connectivity index (χ1n) is 5.46. The van der Waals surface area contributed by atoms with Crippen LogP contribution in [0.15, 0.2) is 58.1 Å². The smallest absolute Gasteiger partial charge is 0.248 e. The molecule has 2 rings (SSSR count). The molecule has 94 valence electrons. The van der Waals surface area contributed by atoms with Crippen LogP contribution in [0.1, 0.15) is 5.76 Å². The number of furan rings is 1. The number of thiocyanates is 1. The molecule has 1 aromatic carbocycles. The molecule has 0 saturated heterocycles. The molecule has 1 N–H and O–H groups in total. The lowest BCUT2D eigenvalue weighted by atomic mass is 10.3. The van der Waals surface area contributed by atoms with Gasteiger partial charge < -0.3 is 9.73 Å². The SMILES string of the molecule is N#CSc1ccc(NC(=O)/C=C/c2ccco2)cc1. The Hall–Kier alpha value is -2.45. The van der Waals surface area contributed by atoms with Crippen molar-refractivity contribution < 1.29 is 9.21 Å². The topological polar surface area (TPSA) is 66.0 Å². The number of carbonyl (C=O) groups excluding carboxylic acids is 1. The van der Waals surface area contributed by atoms with E-state index in [-0.39, 0.29) is 5.91 Å². The number of rotatable bonds is 4. The molecule has 0 atom stereocenters. The molecule has 1 heterocycles. The molecule has 1 aromatic heterocycles. The van der Waals surface area contributed by atoms with Crippen LogP contribution in [-0.4, -0.2) is 5.91 Å². The van der Waals surface area contributed by atoms with E-state index in [1.165, 1.54) is 6.08 Å². The molecule has 0 aliphatic carbocycles. The van der Waals surface area contributed by atoms with Crippen molar-refractivity contribution in [1.82, 2.24) is 0 Å². The second kappa shape index (κ2) is 6.47. The maximum atomic E-state index is 11.6. The molecular weight excluding hydrogens is 260 g/mol. The third-order valence-corrected chi connectivity index (χ3v) is 2.83. The third kappa shape index (κ3) is 4.05. The lowest BCUT2D eigenvalue weighted by molar-refractivity contribution is -0.111. The number of anilines is 1. The van der Waals surface area contributed by atoms with Crippen molar-refractivity contribution in [2.75, 3.05) is 5.32 Å². The second-order valence-corrected chi connectivity index (χ2v) is 4.41. The van der Waals surface area contributed by atoms with Crippen LogP contribution in [0, 0.1) is 10.7 Å². The van der Waals surface area contributed by atoms with Gasteiger partial charge in [0.15, 0.2) is 0 Å². The van der Waals surface area contributed by atoms with E-state index >= 15 is 0 Å². The van der Waals surface area contributed by atoms with Gasteiger partial charge in [-0.3, -0.25) is 4.79 Å². The largest absolute Gasteiger partial charge is 0.465 e. The highest BCUT2D eigenvalue weighted by molar-refractivity contribution is 8.03. The molecule has 0 aliphatic rings. The molecule has 1 amide bonds. The summed E-state index contributed by atoms with van der Waals surface area (Å²) in [7, 11) is 0. The van der Waals surface area contributed by atoms with Crippen LogP contribution in [0.2, 0.25) is 0 Å². The highest BCUT2D eigenvalue weighted by Gasteiger charge is 1.99. The average Bonchev–Trinajstić information content (AvgIpc) is 2.92. The quantitative estimate of drug-likeness (QED) is 0.524. The molecule has 0 spiro atoms. The fraction of sp³-hybridized carbons (Fsp3) is 0. The van der Waals surface area contributed by atoms with Crippen LogP contribution >= 0.6 is 11.8 Å². The minimum atomic E-state index is -0.239. The monoisotopic (exact) mass is 270 g/mol. The fourth-order valence-electron chi connectivity index (χ4n) is 1.39. The molecule has 19 heavy (non-hydrogen) atoms. The van der Waals surface area contributed by atoms with Crippen molar-refractivity contribution in [2.24, 2.45) is 0 Å². The summed E-state index contributed by atoms with van der Waals surface area (Å²) in [5, 5.41) is 13.2. The van der Waals surface area contributed by atoms with Gasteiger partial charge in [0.25, 0.3) is 0 Å². The standard InChI is InChI=1S/C14H10N2O2S/c15-10-19-13-6-3-11(4-7-13)16-14(17)8-5-12-2-1-9-18-12/h1-9H,(H,16,17)/b8-5+. The molecule has 2 aromatic rings. The first-order chi connectivity index (χ1) is 9.28. The lowest BCUT2D eigenvalue weighted by Crippen LogP contribution is -2.07. The van der Waals surface area contributed by atoms with Crippen LogP contribution in [0.5, 0.6) is 0 Å². The van der Waals surface area contributed by atoms with Gasteiger partial charge in [0.2, 0.25) is 5.91 Å². The highest BCUT2D eigenvalue weighted by atomic mass is 32.2. The molecular formula is C14H10N2O2S. The van der Waals surface area contributed by atoms with E-state index in [1.54, 1.807) is 48.7 Å². The normalized spacial score (nSPS) is 10.3. The first kappa shape index (κ1) is 13.0. The van der Waals surface area contributed by atoms with Crippen LogP contribution in [0.3, 0.4) is 0 Å². The number of nitrogens with zero attached hydrogens (tertiary/aromatic N) is 1. The number of hydrogen-bond acceptors (Lipinski definition) is 4. The fourth-order valence-corrected chi connectivity index (χ4v) is 1.76. The summed E-state index contributed by atoms with van der Waals surface area (Å²) in [6.45, 7) is 0. The summed E-state index contributed by atoms with van der Waals surface area (Å²) in [6.07, 6.45) is 4.54. The number of nitriles is 1. The Labute approximate surface area is 114 Å². The zero-order valence-electron chi connectivity index (χ0n) is 9.87. The summed E-state index contributed by atoms with van der Waals surface area (Å²) in [5.41, 5.74) is 0.677. The Morgan fingerprint density at radius 2 is 2.11 bits per heavy atom. The third-order valence-electron chi connectivity index (χ3n) is 2.23. The maximum Gasteiger partial charge on any atom is 0.248 e. The Balaban J connectivity index is 1.93. The van der Waals surface area contributed by atoms with E-state index in [0.29, 0.717) is 11.4 Å². The highest BCUT2D eigenvalue weighted by Crippen LogP contribution is 2.18. The lowest BCUT2D eigenvalue weighted by Gasteiger charge is -2.02. The number of amides is 1. The molecule has 0 aliphatic heterocycles. The Morgan fingerprint density at radius 1 is 1.32 bits per heavy atom. The van der Waals surface area contributed by atoms with Crippen molar-refractivity contribution in [3.8, 4) is 5.40 Å². The Bertz CT molecular complexity index is 610. The summed E-state index contributed by atoms with van der Waals surface area (Å²) in [4.78, 5) is 12.5. The van der Waals surface area contributed by atoms with Crippen molar-refractivity contribution >= 4 is 29.4 Å². The molecule has 0 radical (unpaired) electrons. The van der Waals surface area contributed by atoms with Gasteiger partial charge in [0.05, 0.1) is 6.26 Å². The van der Waals surface area contributed by atoms with Crippen LogP contribution < -0.4 is 5.32 Å². The van der Waals surface area contributed by atoms with Gasteiger partial charge in [0.1, 0.15) is 11.2 Å². The van der Waals surface area contributed by atoms with Crippen molar-refractivity contribution in [3.05, 3.63) is 54.5 Å². The van der Waals surface area contributed by atoms with E-state index in [0.717, 1.165) is 16.7 Å². The number of carbonyl (C=O) groups is 1. The minimum Gasteiger partial charge on any atom is -0.465 e. The Morgan fingerprint density at radius 3 is 2.74 bits per heavy atom. The maximum absolute atomic E-state index is 11.6. The van der Waals surface area contributed by atoms with E-state index in [2.05, 4.69) is 5.32 Å². The van der Waals surface area contributed by atoms with E-state index < -0.39 is 0 Å². The molecule has 0 saturated carbocycles. The number of hydrogen-bond donors (Lipinski definition) is 1. The van der Waals surface area contributed by atoms with Gasteiger partial charge in [-0.1, -0.05) is 0 Å². The predicted molar refractivity (Wildman–Crippen MR) is 74.3 cm³/mol. The zero-order valence-corrected chi connectivity index (χ0v) is 10.7. The van der Waals surface area contributed by atoms with Crippen molar-refractivity contribution in [3.63, 3.8) is 0 Å². The van der Waals surface area contributed by atoms with Crippen molar-refractivity contribution in [1.29, 1.82) is 5.26 Å². The van der Waals surface area contributed by atoms with Gasteiger partial charge in [0, 0.05) is 16.7 Å². The number of nitrogens with one attached hydrogen (secondary N) is 1. The van der Waals surface area contributed by atoms with E-state index in [1.807, 2.05) is 5.40 Å². The molecule has 0 unspecified atom stereocenters. The van der Waals surface area contributed by atoms with Gasteiger partial charge >= 0.3 is 0 Å². The molecule has 0 fully saturated rings. The Kier molecular flexibility index (Phi) is 4.43. The van der Waals surface area contributed by atoms with Gasteiger partial charge in [-0.15, -0.1) is 0 Å². The summed E-state index contributed by atoms with van der Waals surface area (Å²) >= 11 is 1.08. The first-order valence-corrected chi connectivity index (χ1v) is 6.28. The molecule has 4 nitrogen and oxygen atoms in total. The van der Waals surface area contributed by atoms with Crippen LogP contribution in [0.4, 0.5) is 5.69 Å². The average molecular weight is 270 g/mol. The number of benzene rings is 1. The van der Waals surface area contributed by atoms with Crippen LogP contribution in [-0.2, 0) is 4.79 Å². The number of thioether (sulfide) groups is 1. The summed E-state index contributed by atoms with van der Waals surface area (Å²) in [6, 6.07) is 10.6. The predicted octanol–water partition coefficient (Wildman–Crippen LogP) is 3.50.